The maximum Gasteiger partial charge on any atom is 0.225 e. The first kappa shape index (κ1) is 17.4. The van der Waals surface area contributed by atoms with Crippen LogP contribution in [0.3, 0.4) is 0 Å². The first-order valence-corrected chi connectivity index (χ1v) is 9.15. The Bertz CT molecular complexity index is 916. The van der Waals surface area contributed by atoms with Crippen molar-refractivity contribution in [3.05, 3.63) is 42.9 Å². The molecule has 8 nitrogen and oxygen atoms in total. The summed E-state index contributed by atoms with van der Waals surface area (Å²) in [6.07, 6.45) is 3.92. The van der Waals surface area contributed by atoms with Crippen LogP contribution in [0.15, 0.2) is 42.9 Å². The normalized spacial score (nSPS) is 15.2. The summed E-state index contributed by atoms with van der Waals surface area (Å²) >= 11 is 0. The number of carbonyl (C=O) groups excluding carboxylic acids is 1. The molecule has 0 atom stereocenters. The number of amides is 1. The van der Waals surface area contributed by atoms with E-state index in [1.165, 1.54) is 0 Å². The first-order valence-electron chi connectivity index (χ1n) is 9.15. The fraction of sp³-hybridized carbons (Fsp3) is 0.368. The molecule has 0 aliphatic carbocycles. The zero-order valence-electron chi connectivity index (χ0n) is 15.4. The minimum atomic E-state index is 0.0523. The van der Waals surface area contributed by atoms with E-state index < -0.39 is 0 Å². The molecule has 1 aliphatic rings. The Morgan fingerprint density at radius 2 is 1.89 bits per heavy atom. The number of nitrogens with zero attached hydrogens (tertiary/aromatic N) is 6. The topological polar surface area (TPSA) is 79.2 Å². The fourth-order valence-electron chi connectivity index (χ4n) is 3.39. The van der Waals surface area contributed by atoms with Crippen LogP contribution < -0.4 is 10.2 Å². The van der Waals surface area contributed by atoms with Crippen LogP contribution in [0.1, 0.15) is 6.42 Å². The summed E-state index contributed by atoms with van der Waals surface area (Å²) in [6, 6.07) is 9.57. The van der Waals surface area contributed by atoms with Gasteiger partial charge in [0.15, 0.2) is 5.65 Å². The molecule has 3 heterocycles. The molecule has 8 heteroatoms. The van der Waals surface area contributed by atoms with Crippen LogP contribution in [0.5, 0.6) is 0 Å². The number of aryl methyl sites for hydroxylation is 1. The summed E-state index contributed by atoms with van der Waals surface area (Å²) < 4.78 is 1.77. The molecule has 1 aromatic carbocycles. The molecule has 1 fully saturated rings. The van der Waals surface area contributed by atoms with Crippen molar-refractivity contribution < 1.29 is 4.79 Å². The second-order valence-electron chi connectivity index (χ2n) is 6.70. The number of anilines is 2. The van der Waals surface area contributed by atoms with Gasteiger partial charge in [0.1, 0.15) is 12.1 Å². The summed E-state index contributed by atoms with van der Waals surface area (Å²) in [4.78, 5) is 25.5. The second-order valence-corrected chi connectivity index (χ2v) is 6.70. The van der Waals surface area contributed by atoms with E-state index in [0.29, 0.717) is 6.42 Å². The third kappa shape index (κ3) is 3.90. The first-order chi connectivity index (χ1) is 13.2. The number of rotatable bonds is 5. The number of fused-ring (bicyclic) bond motifs is 1. The number of piperazine rings is 1. The van der Waals surface area contributed by atoms with Gasteiger partial charge in [-0.2, -0.15) is 5.10 Å². The average Bonchev–Trinajstić information content (AvgIpc) is 3.09. The molecular formula is C19H23N7O. The molecule has 1 amide bonds. The lowest BCUT2D eigenvalue weighted by atomic mass is 10.2. The number of nitrogens with one attached hydrogen (secondary N) is 1. The Labute approximate surface area is 157 Å². The molecule has 27 heavy (non-hydrogen) atoms. The van der Waals surface area contributed by atoms with Crippen molar-refractivity contribution in [3.8, 4) is 0 Å². The standard InChI is InChI=1S/C19H23N7O/c1-24-18-16(13-22-24)19(21-14-20-18)26-11-9-25(10-12-26)8-7-17(27)23-15-5-3-2-4-6-15/h2-6,13-14H,7-12H2,1H3,(H,23,27). The predicted octanol–water partition coefficient (Wildman–Crippen LogP) is 1.51. The van der Waals surface area contributed by atoms with E-state index in [1.807, 2.05) is 43.6 Å². The quantitative estimate of drug-likeness (QED) is 0.738. The van der Waals surface area contributed by atoms with Crippen molar-refractivity contribution in [1.82, 2.24) is 24.6 Å². The van der Waals surface area contributed by atoms with E-state index in [1.54, 1.807) is 11.0 Å². The largest absolute Gasteiger partial charge is 0.353 e. The zero-order valence-corrected chi connectivity index (χ0v) is 15.4. The Kier molecular flexibility index (Phi) is 4.97. The lowest BCUT2D eigenvalue weighted by molar-refractivity contribution is -0.116. The van der Waals surface area contributed by atoms with Crippen molar-refractivity contribution in [2.75, 3.05) is 42.9 Å². The molecule has 140 valence electrons. The van der Waals surface area contributed by atoms with Crippen LogP contribution in [0, 0.1) is 0 Å². The maximum absolute atomic E-state index is 12.1. The molecule has 1 saturated heterocycles. The Hall–Kier alpha value is -3.00. The number of benzene rings is 1. The molecule has 0 unspecified atom stereocenters. The van der Waals surface area contributed by atoms with Crippen LogP contribution in [0.25, 0.3) is 11.0 Å². The smallest absolute Gasteiger partial charge is 0.225 e. The number of aromatic nitrogens is 4. The van der Waals surface area contributed by atoms with Gasteiger partial charge in [0.2, 0.25) is 5.91 Å². The number of carbonyl (C=O) groups is 1. The van der Waals surface area contributed by atoms with Crippen molar-refractivity contribution in [3.63, 3.8) is 0 Å². The zero-order chi connectivity index (χ0) is 18.6. The highest BCUT2D eigenvalue weighted by Gasteiger charge is 2.21. The Balaban J connectivity index is 1.29. The molecule has 0 spiro atoms. The summed E-state index contributed by atoms with van der Waals surface area (Å²) in [5, 5.41) is 8.20. The highest BCUT2D eigenvalue weighted by atomic mass is 16.1. The van der Waals surface area contributed by atoms with Gasteiger partial charge in [-0.15, -0.1) is 0 Å². The molecular weight excluding hydrogens is 342 g/mol. The van der Waals surface area contributed by atoms with E-state index in [0.717, 1.165) is 55.3 Å². The minimum absolute atomic E-state index is 0.0523. The van der Waals surface area contributed by atoms with E-state index in [-0.39, 0.29) is 5.91 Å². The molecule has 3 aromatic rings. The number of hydrogen-bond acceptors (Lipinski definition) is 6. The van der Waals surface area contributed by atoms with Gasteiger partial charge >= 0.3 is 0 Å². The fourth-order valence-corrected chi connectivity index (χ4v) is 3.39. The number of hydrogen-bond donors (Lipinski definition) is 1. The van der Waals surface area contributed by atoms with Crippen molar-refractivity contribution in [1.29, 1.82) is 0 Å². The average molecular weight is 365 g/mol. The molecule has 0 bridgehead atoms. The molecule has 1 aliphatic heterocycles. The van der Waals surface area contributed by atoms with Crippen LogP contribution >= 0.6 is 0 Å². The maximum atomic E-state index is 12.1. The third-order valence-corrected chi connectivity index (χ3v) is 4.89. The lowest BCUT2D eigenvalue weighted by Crippen LogP contribution is -2.47. The third-order valence-electron chi connectivity index (χ3n) is 4.89. The highest BCUT2D eigenvalue weighted by Crippen LogP contribution is 2.23. The van der Waals surface area contributed by atoms with E-state index >= 15 is 0 Å². The summed E-state index contributed by atoms with van der Waals surface area (Å²) in [5.41, 5.74) is 1.69. The van der Waals surface area contributed by atoms with Gasteiger partial charge in [0.25, 0.3) is 0 Å². The van der Waals surface area contributed by atoms with Gasteiger partial charge in [-0.05, 0) is 12.1 Å². The molecule has 2 aromatic heterocycles. The predicted molar refractivity (Wildman–Crippen MR) is 105 cm³/mol. The van der Waals surface area contributed by atoms with Crippen LogP contribution in [0.2, 0.25) is 0 Å². The Morgan fingerprint density at radius 1 is 1.11 bits per heavy atom. The molecule has 4 rings (SSSR count). The van der Waals surface area contributed by atoms with Crippen molar-refractivity contribution in [2.24, 2.45) is 7.05 Å². The van der Waals surface area contributed by atoms with Crippen LogP contribution in [-0.2, 0) is 11.8 Å². The van der Waals surface area contributed by atoms with Crippen LogP contribution in [-0.4, -0.2) is 63.3 Å². The number of para-hydroxylation sites is 1. The van der Waals surface area contributed by atoms with E-state index in [2.05, 4.69) is 30.2 Å². The van der Waals surface area contributed by atoms with Gasteiger partial charge in [0.05, 0.1) is 11.6 Å². The summed E-state index contributed by atoms with van der Waals surface area (Å²) in [5.74, 6) is 0.992. The molecule has 1 N–H and O–H groups in total. The highest BCUT2D eigenvalue weighted by molar-refractivity contribution is 5.90. The van der Waals surface area contributed by atoms with Crippen molar-refractivity contribution in [2.45, 2.75) is 6.42 Å². The summed E-state index contributed by atoms with van der Waals surface area (Å²) in [7, 11) is 1.89. The van der Waals surface area contributed by atoms with Crippen LogP contribution in [0.4, 0.5) is 11.5 Å². The van der Waals surface area contributed by atoms with Gasteiger partial charge in [-0.1, -0.05) is 18.2 Å². The van der Waals surface area contributed by atoms with E-state index in [9.17, 15) is 4.79 Å². The van der Waals surface area contributed by atoms with E-state index in [4.69, 9.17) is 0 Å². The van der Waals surface area contributed by atoms with Gasteiger partial charge in [-0.25, -0.2) is 9.97 Å². The SMILES string of the molecule is Cn1ncc2c(N3CCN(CCC(=O)Nc4ccccc4)CC3)ncnc21. The molecule has 0 radical (unpaired) electrons. The lowest BCUT2D eigenvalue weighted by Gasteiger charge is -2.35. The summed E-state index contributed by atoms with van der Waals surface area (Å²) in [6.45, 7) is 4.33. The van der Waals surface area contributed by atoms with Gasteiger partial charge in [-0.3, -0.25) is 14.4 Å². The minimum Gasteiger partial charge on any atom is -0.353 e. The van der Waals surface area contributed by atoms with Crippen molar-refractivity contribution >= 4 is 28.4 Å². The Morgan fingerprint density at radius 3 is 2.67 bits per heavy atom. The van der Waals surface area contributed by atoms with Gasteiger partial charge in [0, 0.05) is 51.9 Å². The van der Waals surface area contributed by atoms with Gasteiger partial charge < -0.3 is 10.2 Å². The second kappa shape index (κ2) is 7.71. The monoisotopic (exact) mass is 365 g/mol. The molecule has 0 saturated carbocycles.